The van der Waals surface area contributed by atoms with Crippen LogP contribution in [0.5, 0.6) is 0 Å². The summed E-state index contributed by atoms with van der Waals surface area (Å²) in [5.74, 6) is 0. The molecule has 0 aliphatic carbocycles. The zero-order valence-corrected chi connectivity index (χ0v) is 9.57. The lowest BCUT2D eigenvalue weighted by Crippen LogP contribution is -2.10. The highest BCUT2D eigenvalue weighted by Gasteiger charge is 2.06. The van der Waals surface area contributed by atoms with E-state index in [0.717, 1.165) is 25.0 Å². The zero-order valence-electron chi connectivity index (χ0n) is 9.57. The summed E-state index contributed by atoms with van der Waals surface area (Å²) in [7, 11) is 1.72. The first-order valence-corrected chi connectivity index (χ1v) is 5.63. The van der Waals surface area contributed by atoms with E-state index in [0.29, 0.717) is 0 Å². The van der Waals surface area contributed by atoms with Crippen LogP contribution in [0.25, 0.3) is 10.9 Å². The molecule has 3 heteroatoms. The van der Waals surface area contributed by atoms with Crippen LogP contribution in [0.2, 0.25) is 0 Å². The Bertz CT molecular complexity index is 450. The van der Waals surface area contributed by atoms with Gasteiger partial charge in [0.15, 0.2) is 0 Å². The van der Waals surface area contributed by atoms with Crippen molar-refractivity contribution in [1.82, 2.24) is 4.98 Å². The summed E-state index contributed by atoms with van der Waals surface area (Å²) in [6, 6.07) is 8.51. The van der Waals surface area contributed by atoms with Crippen LogP contribution in [0, 0.1) is 0 Å². The third kappa shape index (κ3) is 2.43. The van der Waals surface area contributed by atoms with Crippen molar-refractivity contribution in [3.8, 4) is 0 Å². The van der Waals surface area contributed by atoms with E-state index in [1.165, 1.54) is 10.9 Å². The number of nitrogens with one attached hydrogen (secondary N) is 1. The van der Waals surface area contributed by atoms with Gasteiger partial charge in [-0.25, -0.2) is 0 Å². The molecule has 0 bridgehead atoms. The van der Waals surface area contributed by atoms with E-state index >= 15 is 0 Å². The molecule has 0 fully saturated rings. The van der Waals surface area contributed by atoms with Crippen LogP contribution in [0.1, 0.15) is 24.4 Å². The minimum Gasteiger partial charge on any atom is -0.385 e. The fraction of sp³-hybridized carbons (Fsp3) is 0.385. The van der Waals surface area contributed by atoms with E-state index < -0.39 is 0 Å². The third-order valence-electron chi connectivity index (χ3n) is 2.87. The Kier molecular flexibility index (Phi) is 3.59. The Hall–Kier alpha value is -1.32. The number of ether oxygens (including phenoxy) is 1. The summed E-state index contributed by atoms with van der Waals surface area (Å²) in [5.41, 5.74) is 8.46. The van der Waals surface area contributed by atoms with Gasteiger partial charge in [0.1, 0.15) is 0 Å². The second-order valence-corrected chi connectivity index (χ2v) is 4.07. The molecule has 1 aromatic carbocycles. The minimum absolute atomic E-state index is 0.0999. The molecule has 0 radical (unpaired) electrons. The lowest BCUT2D eigenvalue weighted by atomic mass is 10.0. The van der Waals surface area contributed by atoms with Gasteiger partial charge >= 0.3 is 0 Å². The number of benzene rings is 1. The number of rotatable bonds is 5. The average Bonchev–Trinajstić information content (AvgIpc) is 2.76. The topological polar surface area (TPSA) is 51.0 Å². The predicted octanol–water partition coefficient (Wildman–Crippen LogP) is 2.59. The Morgan fingerprint density at radius 2 is 2.25 bits per heavy atom. The molecule has 3 nitrogen and oxygen atoms in total. The molecule has 0 saturated heterocycles. The van der Waals surface area contributed by atoms with E-state index in [1.807, 2.05) is 6.20 Å². The first-order valence-electron chi connectivity index (χ1n) is 5.63. The molecule has 16 heavy (non-hydrogen) atoms. The maximum atomic E-state index is 6.13. The molecule has 1 atom stereocenters. The van der Waals surface area contributed by atoms with Gasteiger partial charge in [0, 0.05) is 31.5 Å². The number of H-pyrrole nitrogens is 1. The number of aromatic nitrogens is 1. The number of fused-ring (bicyclic) bond motifs is 1. The van der Waals surface area contributed by atoms with Crippen LogP contribution < -0.4 is 5.73 Å². The second-order valence-electron chi connectivity index (χ2n) is 4.07. The fourth-order valence-electron chi connectivity index (χ4n) is 1.91. The Labute approximate surface area is 95.6 Å². The van der Waals surface area contributed by atoms with Crippen LogP contribution in [-0.2, 0) is 4.74 Å². The highest BCUT2D eigenvalue weighted by atomic mass is 16.5. The monoisotopic (exact) mass is 218 g/mol. The molecule has 2 rings (SSSR count). The number of hydrogen-bond acceptors (Lipinski definition) is 2. The first-order chi connectivity index (χ1) is 7.81. The van der Waals surface area contributed by atoms with Crippen molar-refractivity contribution in [1.29, 1.82) is 0 Å². The molecule has 3 N–H and O–H groups in total. The van der Waals surface area contributed by atoms with Gasteiger partial charge in [-0.15, -0.1) is 0 Å². The third-order valence-corrected chi connectivity index (χ3v) is 2.87. The summed E-state index contributed by atoms with van der Waals surface area (Å²) in [6.45, 7) is 0.776. The predicted molar refractivity (Wildman–Crippen MR) is 66.3 cm³/mol. The van der Waals surface area contributed by atoms with E-state index in [2.05, 4.69) is 29.2 Å². The van der Waals surface area contributed by atoms with Crippen molar-refractivity contribution < 1.29 is 4.74 Å². The average molecular weight is 218 g/mol. The number of aromatic amines is 1. The SMILES string of the molecule is COCCCC(N)c1ccc2cc[nH]c2c1. The minimum atomic E-state index is 0.0999. The van der Waals surface area contributed by atoms with E-state index in [1.54, 1.807) is 7.11 Å². The van der Waals surface area contributed by atoms with Crippen LogP contribution in [0.15, 0.2) is 30.5 Å². The van der Waals surface area contributed by atoms with E-state index in [4.69, 9.17) is 10.5 Å². The molecular formula is C13H18N2O. The summed E-state index contributed by atoms with van der Waals surface area (Å²) < 4.78 is 5.02. The first kappa shape index (κ1) is 11.2. The summed E-state index contributed by atoms with van der Waals surface area (Å²) in [5, 5.41) is 1.23. The molecule has 0 spiro atoms. The molecule has 1 aromatic heterocycles. The highest BCUT2D eigenvalue weighted by molar-refractivity contribution is 5.79. The zero-order chi connectivity index (χ0) is 11.4. The van der Waals surface area contributed by atoms with E-state index in [-0.39, 0.29) is 6.04 Å². The summed E-state index contributed by atoms with van der Waals surface area (Å²) in [4.78, 5) is 3.20. The Balaban J connectivity index is 2.07. The van der Waals surface area contributed by atoms with Crippen molar-refractivity contribution in [3.05, 3.63) is 36.0 Å². The van der Waals surface area contributed by atoms with Crippen LogP contribution in [0.4, 0.5) is 0 Å². The van der Waals surface area contributed by atoms with Crippen molar-refractivity contribution in [2.45, 2.75) is 18.9 Å². The van der Waals surface area contributed by atoms with Crippen LogP contribution in [0.3, 0.4) is 0 Å². The molecule has 0 aliphatic heterocycles. The largest absolute Gasteiger partial charge is 0.385 e. The Morgan fingerprint density at radius 1 is 1.38 bits per heavy atom. The van der Waals surface area contributed by atoms with E-state index in [9.17, 15) is 0 Å². The molecule has 1 heterocycles. The molecule has 0 aliphatic rings. The van der Waals surface area contributed by atoms with Gasteiger partial charge in [-0.3, -0.25) is 0 Å². The van der Waals surface area contributed by atoms with Gasteiger partial charge in [-0.1, -0.05) is 12.1 Å². The standard InChI is InChI=1S/C13H18N2O/c1-16-8-2-3-12(14)11-5-4-10-6-7-15-13(10)9-11/h4-7,9,12,15H,2-3,8,14H2,1H3. The number of nitrogens with two attached hydrogens (primary N) is 1. The molecule has 2 aromatic rings. The van der Waals surface area contributed by atoms with Crippen molar-refractivity contribution in [2.24, 2.45) is 5.73 Å². The van der Waals surface area contributed by atoms with Gasteiger partial charge in [-0.05, 0) is 35.9 Å². The lowest BCUT2D eigenvalue weighted by Gasteiger charge is -2.11. The number of hydrogen-bond donors (Lipinski definition) is 2. The molecular weight excluding hydrogens is 200 g/mol. The maximum absolute atomic E-state index is 6.13. The molecule has 1 unspecified atom stereocenters. The second kappa shape index (κ2) is 5.14. The van der Waals surface area contributed by atoms with Crippen molar-refractivity contribution >= 4 is 10.9 Å². The van der Waals surface area contributed by atoms with Gasteiger partial charge in [0.05, 0.1) is 0 Å². The van der Waals surface area contributed by atoms with Crippen LogP contribution >= 0.6 is 0 Å². The molecule has 0 saturated carbocycles. The lowest BCUT2D eigenvalue weighted by molar-refractivity contribution is 0.190. The quantitative estimate of drug-likeness (QED) is 0.758. The van der Waals surface area contributed by atoms with Crippen molar-refractivity contribution in [3.63, 3.8) is 0 Å². The molecule has 0 amide bonds. The highest BCUT2D eigenvalue weighted by Crippen LogP contribution is 2.20. The van der Waals surface area contributed by atoms with Gasteiger partial charge in [0.2, 0.25) is 0 Å². The smallest absolute Gasteiger partial charge is 0.0462 e. The number of methoxy groups -OCH3 is 1. The summed E-state index contributed by atoms with van der Waals surface area (Å²) >= 11 is 0. The van der Waals surface area contributed by atoms with Crippen LogP contribution in [-0.4, -0.2) is 18.7 Å². The Morgan fingerprint density at radius 3 is 3.06 bits per heavy atom. The van der Waals surface area contributed by atoms with Gasteiger partial charge in [-0.2, -0.15) is 0 Å². The van der Waals surface area contributed by atoms with Gasteiger partial charge < -0.3 is 15.5 Å². The van der Waals surface area contributed by atoms with Gasteiger partial charge in [0.25, 0.3) is 0 Å². The fourth-order valence-corrected chi connectivity index (χ4v) is 1.91. The normalized spacial score (nSPS) is 13.1. The maximum Gasteiger partial charge on any atom is 0.0462 e. The van der Waals surface area contributed by atoms with Crippen molar-refractivity contribution in [2.75, 3.05) is 13.7 Å². The summed E-state index contributed by atoms with van der Waals surface area (Å²) in [6.07, 6.45) is 3.91. The molecule has 86 valence electrons.